The van der Waals surface area contributed by atoms with Gasteiger partial charge >= 0.3 is 0 Å². The van der Waals surface area contributed by atoms with Crippen LogP contribution in [0.4, 0.5) is 5.69 Å². The molecule has 0 saturated carbocycles. The monoisotopic (exact) mass is 393 g/mol. The summed E-state index contributed by atoms with van der Waals surface area (Å²) in [5.74, 6) is -0.180. The van der Waals surface area contributed by atoms with E-state index >= 15 is 0 Å². The number of anilines is 1. The molecule has 0 unspecified atom stereocenters. The number of nitrogens with zero attached hydrogens (tertiary/aromatic N) is 2. The van der Waals surface area contributed by atoms with Crippen molar-refractivity contribution in [3.8, 4) is 0 Å². The third kappa shape index (κ3) is 4.49. The van der Waals surface area contributed by atoms with Gasteiger partial charge in [0.2, 0.25) is 5.91 Å². The molecule has 2 N–H and O–H groups in total. The van der Waals surface area contributed by atoms with E-state index in [0.717, 1.165) is 31.5 Å². The molecule has 6 nitrogen and oxygen atoms in total. The summed E-state index contributed by atoms with van der Waals surface area (Å²) in [5, 5.41) is 13.4. The molecule has 0 fully saturated rings. The van der Waals surface area contributed by atoms with E-state index in [2.05, 4.69) is 34.5 Å². The van der Waals surface area contributed by atoms with Gasteiger partial charge in [-0.05, 0) is 47.7 Å². The van der Waals surface area contributed by atoms with Crippen molar-refractivity contribution in [2.45, 2.75) is 32.4 Å². The van der Waals surface area contributed by atoms with Crippen LogP contribution in [0.1, 0.15) is 34.0 Å². The minimum Gasteiger partial charge on any atom is -0.390 e. The molecule has 0 spiro atoms. The number of carbonyl (C=O) groups is 2. The number of carbonyl (C=O) groups excluding carboxylic acids is 2. The van der Waals surface area contributed by atoms with Crippen molar-refractivity contribution in [3.05, 3.63) is 64.7 Å². The van der Waals surface area contributed by atoms with Crippen LogP contribution in [-0.4, -0.2) is 59.0 Å². The SMILES string of the molecule is CC(=O)Nc1ccc2c(c1)CCN(C[C@H](O)CN1CCc3ccccc3C1)C2=O. The van der Waals surface area contributed by atoms with Crippen LogP contribution in [-0.2, 0) is 24.2 Å². The number of aliphatic hydroxyl groups is 1. The summed E-state index contributed by atoms with van der Waals surface area (Å²) >= 11 is 0. The van der Waals surface area contributed by atoms with Gasteiger partial charge in [-0.1, -0.05) is 24.3 Å². The highest BCUT2D eigenvalue weighted by Gasteiger charge is 2.27. The highest BCUT2D eigenvalue weighted by atomic mass is 16.3. The Balaban J connectivity index is 1.35. The summed E-state index contributed by atoms with van der Waals surface area (Å²) < 4.78 is 0. The van der Waals surface area contributed by atoms with E-state index in [1.54, 1.807) is 17.0 Å². The van der Waals surface area contributed by atoms with Gasteiger partial charge in [0.25, 0.3) is 5.91 Å². The van der Waals surface area contributed by atoms with Crippen molar-refractivity contribution in [3.63, 3.8) is 0 Å². The molecule has 0 radical (unpaired) electrons. The minimum atomic E-state index is -0.579. The number of hydrogen-bond acceptors (Lipinski definition) is 4. The zero-order valence-corrected chi connectivity index (χ0v) is 16.7. The van der Waals surface area contributed by atoms with E-state index in [-0.39, 0.29) is 11.8 Å². The molecular formula is C23H27N3O3. The summed E-state index contributed by atoms with van der Waals surface area (Å²) in [6, 6.07) is 13.8. The third-order valence-electron chi connectivity index (χ3n) is 5.70. The molecular weight excluding hydrogens is 366 g/mol. The van der Waals surface area contributed by atoms with Gasteiger partial charge in [-0.25, -0.2) is 0 Å². The van der Waals surface area contributed by atoms with Crippen LogP contribution in [0, 0.1) is 0 Å². The molecule has 1 atom stereocenters. The lowest BCUT2D eigenvalue weighted by atomic mass is 9.97. The predicted molar refractivity (Wildman–Crippen MR) is 112 cm³/mol. The summed E-state index contributed by atoms with van der Waals surface area (Å²) in [5.41, 5.74) is 5.02. The van der Waals surface area contributed by atoms with Crippen molar-refractivity contribution >= 4 is 17.5 Å². The Kier molecular flexibility index (Phi) is 5.65. The zero-order chi connectivity index (χ0) is 20.4. The molecule has 2 aromatic carbocycles. The Labute approximate surface area is 171 Å². The lowest BCUT2D eigenvalue weighted by molar-refractivity contribution is -0.114. The molecule has 0 aromatic heterocycles. The maximum atomic E-state index is 12.9. The van der Waals surface area contributed by atoms with E-state index in [1.165, 1.54) is 18.1 Å². The number of aliphatic hydroxyl groups excluding tert-OH is 1. The first-order valence-corrected chi connectivity index (χ1v) is 10.2. The standard InChI is InChI=1S/C23H27N3O3/c1-16(27)24-20-6-7-22-18(12-20)9-11-26(23(22)29)15-21(28)14-25-10-8-17-4-2-3-5-19(17)13-25/h2-7,12,21,28H,8-11,13-15H2,1H3,(H,24,27)/t21-/m1/s1. The molecule has 0 bridgehead atoms. The Morgan fingerprint density at radius 2 is 1.83 bits per heavy atom. The van der Waals surface area contributed by atoms with E-state index in [1.807, 2.05) is 6.07 Å². The molecule has 0 aliphatic carbocycles. The van der Waals surface area contributed by atoms with Crippen molar-refractivity contribution < 1.29 is 14.7 Å². The van der Waals surface area contributed by atoms with Crippen LogP contribution in [0.2, 0.25) is 0 Å². The molecule has 0 saturated heterocycles. The summed E-state index contributed by atoms with van der Waals surface area (Å²) in [6.07, 6.45) is 1.14. The fraction of sp³-hybridized carbons (Fsp3) is 0.391. The van der Waals surface area contributed by atoms with Gasteiger partial charge in [0, 0.05) is 50.9 Å². The first kappa shape index (κ1) is 19.6. The summed E-state index contributed by atoms with van der Waals surface area (Å²) in [4.78, 5) is 28.1. The maximum Gasteiger partial charge on any atom is 0.254 e. The lowest BCUT2D eigenvalue weighted by Gasteiger charge is -2.34. The quantitative estimate of drug-likeness (QED) is 0.816. The fourth-order valence-electron chi connectivity index (χ4n) is 4.31. The van der Waals surface area contributed by atoms with Gasteiger partial charge in [0.15, 0.2) is 0 Å². The lowest BCUT2D eigenvalue weighted by Crippen LogP contribution is -2.46. The van der Waals surface area contributed by atoms with Gasteiger partial charge in [0.05, 0.1) is 6.10 Å². The zero-order valence-electron chi connectivity index (χ0n) is 16.7. The Bertz CT molecular complexity index is 927. The van der Waals surface area contributed by atoms with Crippen molar-refractivity contribution in [2.24, 2.45) is 0 Å². The maximum absolute atomic E-state index is 12.9. The van der Waals surface area contributed by atoms with E-state index in [0.29, 0.717) is 30.9 Å². The molecule has 2 aromatic rings. The summed E-state index contributed by atoms with van der Waals surface area (Å²) in [7, 11) is 0. The van der Waals surface area contributed by atoms with Crippen molar-refractivity contribution in [2.75, 3.05) is 31.5 Å². The van der Waals surface area contributed by atoms with Crippen molar-refractivity contribution in [1.29, 1.82) is 0 Å². The molecule has 2 heterocycles. The number of fused-ring (bicyclic) bond motifs is 2. The molecule has 2 aliphatic heterocycles. The van der Waals surface area contributed by atoms with Crippen molar-refractivity contribution in [1.82, 2.24) is 9.80 Å². The predicted octanol–water partition coefficient (Wildman–Crippen LogP) is 2.06. The van der Waals surface area contributed by atoms with Gasteiger partial charge in [-0.3, -0.25) is 14.5 Å². The smallest absolute Gasteiger partial charge is 0.254 e. The summed E-state index contributed by atoms with van der Waals surface area (Å²) in [6.45, 7) is 4.72. The van der Waals surface area contributed by atoms with Crippen LogP contribution >= 0.6 is 0 Å². The second kappa shape index (κ2) is 8.35. The largest absolute Gasteiger partial charge is 0.390 e. The highest BCUT2D eigenvalue weighted by Crippen LogP contribution is 2.23. The number of hydrogen-bond donors (Lipinski definition) is 2. The average molecular weight is 393 g/mol. The number of rotatable bonds is 5. The Morgan fingerprint density at radius 3 is 2.62 bits per heavy atom. The average Bonchev–Trinajstić information content (AvgIpc) is 2.69. The van der Waals surface area contributed by atoms with E-state index < -0.39 is 6.10 Å². The van der Waals surface area contributed by atoms with Crippen LogP contribution in [0.5, 0.6) is 0 Å². The highest BCUT2D eigenvalue weighted by molar-refractivity contribution is 5.98. The van der Waals surface area contributed by atoms with Crippen LogP contribution < -0.4 is 5.32 Å². The molecule has 29 heavy (non-hydrogen) atoms. The van der Waals surface area contributed by atoms with E-state index in [4.69, 9.17) is 0 Å². The van der Waals surface area contributed by atoms with Gasteiger partial charge in [-0.2, -0.15) is 0 Å². The second-order valence-corrected chi connectivity index (χ2v) is 7.96. The molecule has 6 heteroatoms. The van der Waals surface area contributed by atoms with Gasteiger partial charge in [-0.15, -0.1) is 0 Å². The first-order valence-electron chi connectivity index (χ1n) is 10.2. The molecule has 152 valence electrons. The van der Waals surface area contributed by atoms with Gasteiger partial charge in [0.1, 0.15) is 0 Å². The van der Waals surface area contributed by atoms with E-state index in [9.17, 15) is 14.7 Å². The number of benzene rings is 2. The first-order chi connectivity index (χ1) is 14.0. The minimum absolute atomic E-state index is 0.0522. The normalized spacial score (nSPS) is 17.4. The molecule has 4 rings (SSSR count). The number of amides is 2. The molecule has 2 amide bonds. The van der Waals surface area contributed by atoms with Gasteiger partial charge < -0.3 is 15.3 Å². The van der Waals surface area contributed by atoms with Crippen LogP contribution in [0.25, 0.3) is 0 Å². The number of nitrogens with one attached hydrogen (secondary N) is 1. The Morgan fingerprint density at radius 1 is 1.07 bits per heavy atom. The topological polar surface area (TPSA) is 72.9 Å². The number of β-amino-alcohol motifs (C(OH)–C–C–N with tert-alkyl or cyclic N) is 1. The molecule has 2 aliphatic rings. The van der Waals surface area contributed by atoms with Crippen LogP contribution in [0.3, 0.4) is 0 Å². The van der Waals surface area contributed by atoms with Crippen LogP contribution in [0.15, 0.2) is 42.5 Å². The Hall–Kier alpha value is -2.70. The second-order valence-electron chi connectivity index (χ2n) is 7.96. The third-order valence-corrected chi connectivity index (χ3v) is 5.70. The fourth-order valence-corrected chi connectivity index (χ4v) is 4.31.